The number of pyridine rings is 1. The molecule has 1 unspecified atom stereocenters. The van der Waals surface area contributed by atoms with Crippen molar-refractivity contribution in [2.24, 2.45) is 0 Å². The van der Waals surface area contributed by atoms with E-state index < -0.39 is 0 Å². The molecule has 126 valence electrons. The fourth-order valence-corrected chi connectivity index (χ4v) is 3.21. The van der Waals surface area contributed by atoms with E-state index in [1.54, 1.807) is 7.11 Å². The van der Waals surface area contributed by atoms with Crippen molar-refractivity contribution in [2.75, 3.05) is 39.9 Å². The van der Waals surface area contributed by atoms with Gasteiger partial charge in [-0.3, -0.25) is 9.69 Å². The zero-order valence-electron chi connectivity index (χ0n) is 13.7. The first-order chi connectivity index (χ1) is 11.3. The van der Waals surface area contributed by atoms with Crippen molar-refractivity contribution in [3.05, 3.63) is 23.9 Å². The quantitative estimate of drug-likeness (QED) is 0.837. The number of rotatable bonds is 4. The van der Waals surface area contributed by atoms with E-state index >= 15 is 0 Å². The van der Waals surface area contributed by atoms with Crippen LogP contribution in [0.1, 0.15) is 24.8 Å². The van der Waals surface area contributed by atoms with E-state index in [0.29, 0.717) is 5.88 Å². The van der Waals surface area contributed by atoms with E-state index in [9.17, 15) is 4.79 Å². The number of nitrogens with zero attached hydrogens (tertiary/aromatic N) is 3. The van der Waals surface area contributed by atoms with Crippen LogP contribution >= 0.6 is 0 Å². The molecule has 1 aromatic rings. The molecule has 0 aliphatic carbocycles. The summed E-state index contributed by atoms with van der Waals surface area (Å²) in [5.74, 6) is 0.813. The highest BCUT2D eigenvalue weighted by Gasteiger charge is 2.29. The number of hydrogen-bond acceptors (Lipinski definition) is 5. The Hall–Kier alpha value is -1.66. The molecular weight excluding hydrogens is 294 g/mol. The lowest BCUT2D eigenvalue weighted by molar-refractivity contribution is -0.140. The van der Waals surface area contributed by atoms with Crippen LogP contribution < -0.4 is 4.74 Å². The van der Waals surface area contributed by atoms with Crippen LogP contribution in [0.2, 0.25) is 0 Å². The molecule has 0 N–H and O–H groups in total. The average molecular weight is 319 g/mol. The largest absolute Gasteiger partial charge is 0.481 e. The molecule has 0 saturated carbocycles. The van der Waals surface area contributed by atoms with Crippen LogP contribution in [-0.2, 0) is 16.1 Å². The van der Waals surface area contributed by atoms with Crippen LogP contribution in [0.4, 0.5) is 0 Å². The molecule has 2 saturated heterocycles. The maximum absolute atomic E-state index is 12.4. The predicted octanol–water partition coefficient (Wildman–Crippen LogP) is 1.30. The van der Waals surface area contributed by atoms with Crippen molar-refractivity contribution in [1.29, 1.82) is 0 Å². The smallest absolute Gasteiger partial charge is 0.251 e. The zero-order chi connectivity index (χ0) is 16.1. The Labute approximate surface area is 137 Å². The molecule has 6 heteroatoms. The first-order valence-corrected chi connectivity index (χ1v) is 8.38. The highest BCUT2D eigenvalue weighted by Crippen LogP contribution is 2.17. The number of ether oxygens (including phenoxy) is 2. The summed E-state index contributed by atoms with van der Waals surface area (Å²) in [4.78, 5) is 21.1. The molecule has 2 aliphatic rings. The molecule has 0 radical (unpaired) electrons. The Morgan fingerprint density at radius 2 is 2.22 bits per heavy atom. The van der Waals surface area contributed by atoms with Crippen LogP contribution in [0.15, 0.2) is 18.3 Å². The lowest BCUT2D eigenvalue weighted by Gasteiger charge is -2.24. The summed E-state index contributed by atoms with van der Waals surface area (Å²) in [5, 5.41) is 0. The van der Waals surface area contributed by atoms with Gasteiger partial charge in [0.25, 0.3) is 5.91 Å². The summed E-state index contributed by atoms with van der Waals surface area (Å²) in [6, 6.07) is 3.94. The lowest BCUT2D eigenvalue weighted by atomic mass is 10.2. The number of aromatic nitrogens is 1. The first kappa shape index (κ1) is 16.2. The Morgan fingerprint density at radius 3 is 2.91 bits per heavy atom. The summed E-state index contributed by atoms with van der Waals surface area (Å²) in [6.07, 6.45) is 4.53. The third kappa shape index (κ3) is 4.20. The number of methoxy groups -OCH3 is 1. The molecule has 3 heterocycles. The molecule has 6 nitrogen and oxygen atoms in total. The summed E-state index contributed by atoms with van der Waals surface area (Å²) < 4.78 is 10.6. The van der Waals surface area contributed by atoms with Gasteiger partial charge < -0.3 is 14.4 Å². The molecule has 0 spiro atoms. The van der Waals surface area contributed by atoms with Crippen molar-refractivity contribution < 1.29 is 14.3 Å². The molecule has 3 rings (SSSR count). The van der Waals surface area contributed by atoms with Gasteiger partial charge in [0.15, 0.2) is 0 Å². The fraction of sp³-hybridized carbons (Fsp3) is 0.647. The van der Waals surface area contributed by atoms with Gasteiger partial charge >= 0.3 is 0 Å². The third-order valence-electron chi connectivity index (χ3n) is 4.52. The normalized spacial score (nSPS) is 22.8. The van der Waals surface area contributed by atoms with E-state index in [0.717, 1.165) is 58.6 Å². The summed E-state index contributed by atoms with van der Waals surface area (Å²) in [5.41, 5.74) is 1.17. The average Bonchev–Trinajstić information content (AvgIpc) is 3.02. The minimum atomic E-state index is -0.202. The van der Waals surface area contributed by atoms with Crippen molar-refractivity contribution in [2.45, 2.75) is 31.9 Å². The first-order valence-electron chi connectivity index (χ1n) is 8.38. The highest BCUT2D eigenvalue weighted by atomic mass is 16.5. The van der Waals surface area contributed by atoms with Crippen LogP contribution in [0, 0.1) is 0 Å². The fourth-order valence-electron chi connectivity index (χ4n) is 3.21. The third-order valence-corrected chi connectivity index (χ3v) is 4.52. The van der Waals surface area contributed by atoms with Crippen molar-refractivity contribution >= 4 is 5.91 Å². The molecule has 0 bridgehead atoms. The summed E-state index contributed by atoms with van der Waals surface area (Å²) >= 11 is 0. The molecule has 1 atom stereocenters. The Bertz CT molecular complexity index is 514. The van der Waals surface area contributed by atoms with E-state index in [2.05, 4.69) is 9.88 Å². The second kappa shape index (κ2) is 7.75. The lowest BCUT2D eigenvalue weighted by Crippen LogP contribution is -2.41. The summed E-state index contributed by atoms with van der Waals surface area (Å²) in [7, 11) is 1.62. The van der Waals surface area contributed by atoms with Gasteiger partial charge in [0, 0.05) is 51.6 Å². The second-order valence-corrected chi connectivity index (χ2v) is 6.17. The van der Waals surface area contributed by atoms with Gasteiger partial charge in [-0.05, 0) is 24.8 Å². The number of carbonyl (C=O) groups excluding carboxylic acids is 1. The second-order valence-electron chi connectivity index (χ2n) is 6.17. The van der Waals surface area contributed by atoms with Gasteiger partial charge in [-0.25, -0.2) is 4.98 Å². The highest BCUT2D eigenvalue weighted by molar-refractivity contribution is 5.81. The van der Waals surface area contributed by atoms with Gasteiger partial charge in [0.2, 0.25) is 5.88 Å². The number of amides is 1. The molecule has 0 aromatic carbocycles. The van der Waals surface area contributed by atoms with Crippen molar-refractivity contribution in [3.63, 3.8) is 0 Å². The Balaban J connectivity index is 1.52. The monoisotopic (exact) mass is 319 g/mol. The van der Waals surface area contributed by atoms with E-state index in [-0.39, 0.29) is 12.0 Å². The van der Waals surface area contributed by atoms with Gasteiger partial charge in [-0.15, -0.1) is 0 Å². The standard InChI is InChI=1S/C17H25N3O3/c1-22-16-6-5-14(12-18-16)13-19-7-3-8-20(10-9-19)17(21)15-4-2-11-23-15/h5-6,12,15H,2-4,7-11,13H2,1H3. The van der Waals surface area contributed by atoms with Crippen LogP contribution in [0.3, 0.4) is 0 Å². The maximum atomic E-state index is 12.4. The molecule has 2 fully saturated rings. The minimum absolute atomic E-state index is 0.176. The molecule has 23 heavy (non-hydrogen) atoms. The Kier molecular flexibility index (Phi) is 5.46. The zero-order valence-corrected chi connectivity index (χ0v) is 13.7. The molecule has 1 aromatic heterocycles. The van der Waals surface area contributed by atoms with Crippen LogP contribution in [-0.4, -0.2) is 66.7 Å². The summed E-state index contributed by atoms with van der Waals surface area (Å²) in [6.45, 7) is 5.09. The predicted molar refractivity (Wildman–Crippen MR) is 86.2 cm³/mol. The SMILES string of the molecule is COc1ccc(CN2CCCN(C(=O)C3CCCO3)CC2)cn1. The molecule has 2 aliphatic heterocycles. The minimum Gasteiger partial charge on any atom is -0.481 e. The van der Waals surface area contributed by atoms with Gasteiger partial charge in [0.05, 0.1) is 7.11 Å². The van der Waals surface area contributed by atoms with Gasteiger partial charge in [-0.2, -0.15) is 0 Å². The van der Waals surface area contributed by atoms with E-state index in [1.807, 2.05) is 23.2 Å². The maximum Gasteiger partial charge on any atom is 0.251 e. The van der Waals surface area contributed by atoms with Crippen molar-refractivity contribution in [1.82, 2.24) is 14.8 Å². The molecule has 1 amide bonds. The number of carbonyl (C=O) groups is 1. The number of hydrogen-bond donors (Lipinski definition) is 0. The molecular formula is C17H25N3O3. The van der Waals surface area contributed by atoms with Gasteiger partial charge in [0.1, 0.15) is 6.10 Å². The van der Waals surface area contributed by atoms with E-state index in [4.69, 9.17) is 9.47 Å². The topological polar surface area (TPSA) is 54.9 Å². The van der Waals surface area contributed by atoms with E-state index in [1.165, 1.54) is 5.56 Å². The Morgan fingerprint density at radius 1 is 1.30 bits per heavy atom. The van der Waals surface area contributed by atoms with Gasteiger partial charge in [-0.1, -0.05) is 6.07 Å². The van der Waals surface area contributed by atoms with Crippen LogP contribution in [0.5, 0.6) is 5.88 Å². The van der Waals surface area contributed by atoms with Crippen molar-refractivity contribution in [3.8, 4) is 5.88 Å². The van der Waals surface area contributed by atoms with Crippen LogP contribution in [0.25, 0.3) is 0 Å².